The molecule has 0 unspecified atom stereocenters. The van der Waals surface area contributed by atoms with Crippen molar-refractivity contribution in [3.05, 3.63) is 34.6 Å². The predicted octanol–water partition coefficient (Wildman–Crippen LogP) is 3.04. The van der Waals surface area contributed by atoms with Crippen molar-refractivity contribution in [2.24, 2.45) is 7.05 Å². The SMILES string of the molecule is Cc1cc(Sc2cccc(Br)n2)n(C)n1. The highest BCUT2D eigenvalue weighted by molar-refractivity contribution is 9.10. The number of hydrogen-bond acceptors (Lipinski definition) is 3. The smallest absolute Gasteiger partial charge is 0.107 e. The monoisotopic (exact) mass is 283 g/mol. The summed E-state index contributed by atoms with van der Waals surface area (Å²) in [5, 5.41) is 6.35. The Hall–Kier alpha value is -0.810. The van der Waals surface area contributed by atoms with Gasteiger partial charge in [-0.1, -0.05) is 17.8 Å². The first kappa shape index (κ1) is 10.7. The van der Waals surface area contributed by atoms with E-state index < -0.39 is 0 Å². The highest BCUT2D eigenvalue weighted by Crippen LogP contribution is 2.26. The summed E-state index contributed by atoms with van der Waals surface area (Å²) >= 11 is 4.96. The molecule has 0 aliphatic carbocycles. The summed E-state index contributed by atoms with van der Waals surface area (Å²) < 4.78 is 2.72. The summed E-state index contributed by atoms with van der Waals surface area (Å²) in [7, 11) is 1.94. The minimum Gasteiger partial charge on any atom is -0.261 e. The van der Waals surface area contributed by atoms with Crippen LogP contribution in [-0.2, 0) is 7.05 Å². The van der Waals surface area contributed by atoms with Crippen molar-refractivity contribution in [3.8, 4) is 0 Å². The zero-order valence-electron chi connectivity index (χ0n) is 8.44. The molecule has 0 bridgehead atoms. The molecular weight excluding hydrogens is 274 g/mol. The molecule has 0 atom stereocenters. The van der Waals surface area contributed by atoms with E-state index in [2.05, 4.69) is 26.0 Å². The first-order valence-corrected chi connectivity index (χ1v) is 6.07. The number of aryl methyl sites for hydroxylation is 2. The third-order valence-electron chi connectivity index (χ3n) is 1.86. The molecule has 0 saturated carbocycles. The summed E-state index contributed by atoms with van der Waals surface area (Å²) in [5.74, 6) is 0. The van der Waals surface area contributed by atoms with Crippen LogP contribution in [-0.4, -0.2) is 14.8 Å². The molecule has 0 saturated heterocycles. The quantitative estimate of drug-likeness (QED) is 0.794. The fourth-order valence-electron chi connectivity index (χ4n) is 1.24. The van der Waals surface area contributed by atoms with Crippen LogP contribution in [0.1, 0.15) is 5.69 Å². The molecule has 0 fully saturated rings. The lowest BCUT2D eigenvalue weighted by atomic mass is 10.5. The molecule has 78 valence electrons. The first-order valence-electron chi connectivity index (χ1n) is 4.46. The first-order chi connectivity index (χ1) is 7.15. The van der Waals surface area contributed by atoms with Crippen LogP contribution >= 0.6 is 27.7 Å². The van der Waals surface area contributed by atoms with Crippen LogP contribution in [0.3, 0.4) is 0 Å². The van der Waals surface area contributed by atoms with E-state index in [1.54, 1.807) is 11.8 Å². The average Bonchev–Trinajstić information content (AvgIpc) is 2.45. The summed E-state index contributed by atoms with van der Waals surface area (Å²) in [6.45, 7) is 1.98. The van der Waals surface area contributed by atoms with Gasteiger partial charge in [-0.25, -0.2) is 4.98 Å². The van der Waals surface area contributed by atoms with E-state index in [0.29, 0.717) is 0 Å². The summed E-state index contributed by atoms with van der Waals surface area (Å²) in [5.41, 5.74) is 1.02. The van der Waals surface area contributed by atoms with E-state index in [1.807, 2.05) is 42.9 Å². The molecule has 2 aromatic rings. The third-order valence-corrected chi connectivity index (χ3v) is 3.33. The number of pyridine rings is 1. The van der Waals surface area contributed by atoms with Crippen LogP contribution < -0.4 is 0 Å². The fraction of sp³-hybridized carbons (Fsp3) is 0.200. The van der Waals surface area contributed by atoms with Crippen molar-refractivity contribution in [3.63, 3.8) is 0 Å². The van der Waals surface area contributed by atoms with Crippen molar-refractivity contribution in [2.75, 3.05) is 0 Å². The molecule has 5 heteroatoms. The lowest BCUT2D eigenvalue weighted by Gasteiger charge is -2.00. The summed E-state index contributed by atoms with van der Waals surface area (Å²) in [6.07, 6.45) is 0. The molecule has 0 spiro atoms. The predicted molar refractivity (Wildman–Crippen MR) is 64.0 cm³/mol. The second kappa shape index (κ2) is 4.37. The van der Waals surface area contributed by atoms with Gasteiger partial charge in [-0.15, -0.1) is 0 Å². The van der Waals surface area contributed by atoms with Gasteiger partial charge >= 0.3 is 0 Å². The molecule has 15 heavy (non-hydrogen) atoms. The zero-order chi connectivity index (χ0) is 10.8. The molecule has 2 aromatic heterocycles. The van der Waals surface area contributed by atoms with Gasteiger partial charge in [0.15, 0.2) is 0 Å². The molecular formula is C10H10BrN3S. The lowest BCUT2D eigenvalue weighted by molar-refractivity contribution is 0.692. The average molecular weight is 284 g/mol. The normalized spacial score (nSPS) is 10.6. The van der Waals surface area contributed by atoms with Crippen molar-refractivity contribution in [1.29, 1.82) is 0 Å². The maximum Gasteiger partial charge on any atom is 0.107 e. The Morgan fingerprint density at radius 2 is 2.20 bits per heavy atom. The highest BCUT2D eigenvalue weighted by atomic mass is 79.9. The Morgan fingerprint density at radius 1 is 1.40 bits per heavy atom. The van der Waals surface area contributed by atoms with Gasteiger partial charge in [0.2, 0.25) is 0 Å². The zero-order valence-corrected chi connectivity index (χ0v) is 10.8. The van der Waals surface area contributed by atoms with Crippen LogP contribution in [0.15, 0.2) is 38.9 Å². The molecule has 3 nitrogen and oxygen atoms in total. The van der Waals surface area contributed by atoms with E-state index in [4.69, 9.17) is 0 Å². The largest absolute Gasteiger partial charge is 0.261 e. The molecule has 0 aliphatic rings. The van der Waals surface area contributed by atoms with E-state index in [0.717, 1.165) is 20.3 Å². The number of aromatic nitrogens is 3. The Labute approximate surface area is 101 Å². The van der Waals surface area contributed by atoms with Crippen molar-refractivity contribution < 1.29 is 0 Å². The number of rotatable bonds is 2. The van der Waals surface area contributed by atoms with Gasteiger partial charge in [0, 0.05) is 7.05 Å². The molecule has 0 N–H and O–H groups in total. The minimum absolute atomic E-state index is 0.853. The van der Waals surface area contributed by atoms with Crippen LogP contribution in [0.25, 0.3) is 0 Å². The number of halogens is 1. The lowest BCUT2D eigenvalue weighted by Crippen LogP contribution is -1.92. The van der Waals surface area contributed by atoms with Gasteiger partial charge in [-0.3, -0.25) is 4.68 Å². The van der Waals surface area contributed by atoms with Crippen molar-refractivity contribution in [1.82, 2.24) is 14.8 Å². The second-order valence-electron chi connectivity index (χ2n) is 3.15. The van der Waals surface area contributed by atoms with E-state index in [9.17, 15) is 0 Å². The summed E-state index contributed by atoms with van der Waals surface area (Å²) in [4.78, 5) is 4.36. The molecule has 0 aromatic carbocycles. The van der Waals surface area contributed by atoms with Gasteiger partial charge in [-0.05, 0) is 41.1 Å². The maximum absolute atomic E-state index is 4.36. The molecule has 0 radical (unpaired) electrons. The maximum atomic E-state index is 4.36. The van der Waals surface area contributed by atoms with Crippen molar-refractivity contribution >= 4 is 27.7 Å². The fourth-order valence-corrected chi connectivity index (χ4v) is 2.60. The second-order valence-corrected chi connectivity index (χ2v) is 5.00. The molecule has 0 amide bonds. The molecule has 0 aliphatic heterocycles. The van der Waals surface area contributed by atoms with E-state index in [1.165, 1.54) is 0 Å². The van der Waals surface area contributed by atoms with Gasteiger partial charge in [-0.2, -0.15) is 5.10 Å². The molecule has 2 heterocycles. The van der Waals surface area contributed by atoms with Gasteiger partial charge in [0.25, 0.3) is 0 Å². The third kappa shape index (κ3) is 2.60. The van der Waals surface area contributed by atoms with Crippen molar-refractivity contribution in [2.45, 2.75) is 17.0 Å². The Morgan fingerprint density at radius 3 is 2.80 bits per heavy atom. The standard InChI is InChI=1S/C10H10BrN3S/c1-7-6-10(14(2)13-7)15-9-5-3-4-8(11)12-9/h3-6H,1-2H3. The van der Waals surface area contributed by atoms with Gasteiger partial charge in [0.1, 0.15) is 14.7 Å². The van der Waals surface area contributed by atoms with Gasteiger partial charge < -0.3 is 0 Å². The summed E-state index contributed by atoms with van der Waals surface area (Å²) in [6, 6.07) is 7.92. The van der Waals surface area contributed by atoms with Crippen LogP contribution in [0.4, 0.5) is 0 Å². The molecule has 2 rings (SSSR count). The van der Waals surface area contributed by atoms with Crippen LogP contribution in [0.5, 0.6) is 0 Å². The van der Waals surface area contributed by atoms with Gasteiger partial charge in [0.05, 0.1) is 5.69 Å². The Kier molecular flexibility index (Phi) is 3.11. The van der Waals surface area contributed by atoms with Crippen LogP contribution in [0.2, 0.25) is 0 Å². The van der Waals surface area contributed by atoms with E-state index in [-0.39, 0.29) is 0 Å². The number of nitrogens with zero attached hydrogens (tertiary/aromatic N) is 3. The minimum atomic E-state index is 0.853. The van der Waals surface area contributed by atoms with Crippen LogP contribution in [0, 0.1) is 6.92 Å². The number of hydrogen-bond donors (Lipinski definition) is 0. The topological polar surface area (TPSA) is 30.7 Å². The highest BCUT2D eigenvalue weighted by Gasteiger charge is 2.05. The van der Waals surface area contributed by atoms with E-state index >= 15 is 0 Å². The Bertz CT molecular complexity index is 481. The Balaban J connectivity index is 2.25.